The Morgan fingerprint density at radius 1 is 1.32 bits per heavy atom. The van der Waals surface area contributed by atoms with Crippen LogP contribution in [0, 0.1) is 6.92 Å². The summed E-state index contributed by atoms with van der Waals surface area (Å²) in [6.07, 6.45) is -0.0125. The Morgan fingerprint density at radius 3 is 2.68 bits per heavy atom. The molecule has 3 N–H and O–H groups in total. The molecule has 0 aliphatic carbocycles. The lowest BCUT2D eigenvalue weighted by molar-refractivity contribution is -0.122. The van der Waals surface area contributed by atoms with E-state index in [-0.39, 0.29) is 5.91 Å². The Bertz CT molecular complexity index is 673. The summed E-state index contributed by atoms with van der Waals surface area (Å²) >= 11 is 5.87. The summed E-state index contributed by atoms with van der Waals surface area (Å²) in [4.78, 5) is 12.3. The highest BCUT2D eigenvalue weighted by atomic mass is 35.5. The molecule has 0 saturated heterocycles. The average Bonchev–Trinajstić information content (AvgIpc) is 2.50. The highest BCUT2D eigenvalue weighted by molar-refractivity contribution is 6.33. The first-order chi connectivity index (χ1) is 10.5. The number of anilines is 2. The Hall–Kier alpha value is -2.20. The van der Waals surface area contributed by atoms with Crippen molar-refractivity contribution in [2.24, 2.45) is 0 Å². The molecule has 116 valence electrons. The van der Waals surface area contributed by atoms with E-state index in [0.717, 1.165) is 5.56 Å². The fraction of sp³-hybridized carbons (Fsp3) is 0.235. The number of hydrogen-bond donors (Lipinski definition) is 2. The number of amides is 1. The highest BCUT2D eigenvalue weighted by Crippen LogP contribution is 2.23. The van der Waals surface area contributed by atoms with E-state index in [4.69, 9.17) is 22.1 Å². The largest absolute Gasteiger partial charge is 0.480 e. The van der Waals surface area contributed by atoms with Crippen LogP contribution in [0.4, 0.5) is 11.4 Å². The first-order valence-corrected chi connectivity index (χ1v) is 7.47. The van der Waals surface area contributed by atoms with Crippen LogP contribution in [0.25, 0.3) is 0 Å². The van der Waals surface area contributed by atoms with Gasteiger partial charge < -0.3 is 15.8 Å². The van der Waals surface area contributed by atoms with Gasteiger partial charge in [-0.1, -0.05) is 36.7 Å². The van der Waals surface area contributed by atoms with Crippen molar-refractivity contribution in [1.82, 2.24) is 0 Å². The third-order valence-corrected chi connectivity index (χ3v) is 3.63. The number of halogens is 1. The first kappa shape index (κ1) is 16.2. The van der Waals surface area contributed by atoms with Crippen LogP contribution in [0.1, 0.15) is 18.9 Å². The lowest BCUT2D eigenvalue weighted by Crippen LogP contribution is -2.32. The molecule has 0 aromatic heterocycles. The third kappa shape index (κ3) is 3.92. The van der Waals surface area contributed by atoms with Crippen molar-refractivity contribution >= 4 is 28.9 Å². The lowest BCUT2D eigenvalue weighted by Gasteiger charge is -2.18. The van der Waals surface area contributed by atoms with E-state index in [1.165, 1.54) is 0 Å². The number of carbonyl (C=O) groups excluding carboxylic acids is 1. The van der Waals surface area contributed by atoms with Crippen LogP contribution in [0.15, 0.2) is 42.5 Å². The summed E-state index contributed by atoms with van der Waals surface area (Å²) in [5, 5.41) is 3.26. The maximum absolute atomic E-state index is 12.3. The smallest absolute Gasteiger partial charge is 0.265 e. The van der Waals surface area contributed by atoms with Gasteiger partial charge in [-0.3, -0.25) is 4.79 Å². The van der Waals surface area contributed by atoms with Crippen LogP contribution < -0.4 is 15.8 Å². The van der Waals surface area contributed by atoms with E-state index in [0.29, 0.717) is 28.6 Å². The van der Waals surface area contributed by atoms with E-state index in [2.05, 4.69) is 5.32 Å². The van der Waals surface area contributed by atoms with Crippen LogP contribution in [0.2, 0.25) is 5.02 Å². The number of carbonyl (C=O) groups is 1. The monoisotopic (exact) mass is 318 g/mol. The minimum absolute atomic E-state index is 0.215. The Labute approximate surface area is 135 Å². The van der Waals surface area contributed by atoms with Crippen LogP contribution in [-0.2, 0) is 4.79 Å². The number of aryl methyl sites for hydroxylation is 1. The number of ether oxygens (including phenoxy) is 1. The van der Waals surface area contributed by atoms with Crippen LogP contribution in [-0.4, -0.2) is 12.0 Å². The van der Waals surface area contributed by atoms with Crippen LogP contribution in [0.3, 0.4) is 0 Å². The summed E-state index contributed by atoms with van der Waals surface area (Å²) in [6.45, 7) is 3.85. The third-order valence-electron chi connectivity index (χ3n) is 3.29. The molecule has 0 saturated carbocycles. The van der Waals surface area contributed by atoms with Gasteiger partial charge in [-0.15, -0.1) is 0 Å². The molecule has 0 fully saturated rings. The number of nitrogens with one attached hydrogen (secondary N) is 1. The van der Waals surface area contributed by atoms with Crippen molar-refractivity contribution in [3.63, 3.8) is 0 Å². The number of hydrogen-bond acceptors (Lipinski definition) is 3. The second-order valence-electron chi connectivity index (χ2n) is 5.01. The summed E-state index contributed by atoms with van der Waals surface area (Å²) in [5.41, 5.74) is 7.74. The van der Waals surface area contributed by atoms with Crippen molar-refractivity contribution in [3.05, 3.63) is 53.1 Å². The van der Waals surface area contributed by atoms with E-state index < -0.39 is 6.10 Å². The van der Waals surface area contributed by atoms with E-state index in [1.54, 1.807) is 18.2 Å². The van der Waals surface area contributed by atoms with Gasteiger partial charge in [-0.05, 0) is 43.2 Å². The van der Waals surface area contributed by atoms with Gasteiger partial charge in [0.25, 0.3) is 5.91 Å². The molecule has 0 radical (unpaired) electrons. The van der Waals surface area contributed by atoms with Gasteiger partial charge >= 0.3 is 0 Å². The molecule has 22 heavy (non-hydrogen) atoms. The quantitative estimate of drug-likeness (QED) is 0.818. The molecule has 0 heterocycles. The number of benzene rings is 2. The minimum atomic E-state index is -0.571. The van der Waals surface area contributed by atoms with Crippen LogP contribution >= 0.6 is 11.6 Å². The fourth-order valence-electron chi connectivity index (χ4n) is 2.01. The summed E-state index contributed by atoms with van der Waals surface area (Å²) in [6, 6.07) is 12.6. The summed E-state index contributed by atoms with van der Waals surface area (Å²) < 4.78 is 5.81. The summed E-state index contributed by atoms with van der Waals surface area (Å²) in [7, 11) is 0. The van der Waals surface area contributed by atoms with E-state index >= 15 is 0 Å². The van der Waals surface area contributed by atoms with Gasteiger partial charge in [-0.2, -0.15) is 0 Å². The number of rotatable bonds is 5. The zero-order valence-corrected chi connectivity index (χ0v) is 13.4. The molecule has 2 aromatic rings. The second kappa shape index (κ2) is 7.18. The van der Waals surface area contributed by atoms with Crippen LogP contribution in [0.5, 0.6) is 5.75 Å². The average molecular weight is 319 g/mol. The Balaban J connectivity index is 2.08. The van der Waals surface area contributed by atoms with Crippen molar-refractivity contribution < 1.29 is 9.53 Å². The van der Waals surface area contributed by atoms with Crippen molar-refractivity contribution in [3.8, 4) is 5.75 Å². The maximum atomic E-state index is 12.3. The predicted octanol–water partition coefficient (Wildman–Crippen LogP) is 4.03. The van der Waals surface area contributed by atoms with Crippen molar-refractivity contribution in [1.29, 1.82) is 0 Å². The number of nitrogens with two attached hydrogens (primary N) is 1. The minimum Gasteiger partial charge on any atom is -0.480 e. The first-order valence-electron chi connectivity index (χ1n) is 7.09. The molecule has 1 atom stereocenters. The molecule has 1 amide bonds. The lowest BCUT2D eigenvalue weighted by atomic mass is 10.2. The molecule has 0 aliphatic rings. The van der Waals surface area contributed by atoms with E-state index in [1.807, 2.05) is 38.1 Å². The zero-order valence-electron chi connectivity index (χ0n) is 12.6. The molecule has 0 bridgehead atoms. The molecule has 2 aromatic carbocycles. The molecule has 2 rings (SSSR count). The Kier molecular flexibility index (Phi) is 5.28. The van der Waals surface area contributed by atoms with Gasteiger partial charge in [0.05, 0.1) is 10.7 Å². The second-order valence-corrected chi connectivity index (χ2v) is 5.41. The molecule has 4 nitrogen and oxygen atoms in total. The molecule has 0 aliphatic heterocycles. The molecular formula is C17H19ClN2O2. The molecule has 1 unspecified atom stereocenters. The standard InChI is InChI=1S/C17H19ClN2O2/c1-3-15(22-16-7-5-4-6-11(16)2)17(21)20-12-8-9-13(18)14(19)10-12/h4-10,15H,3,19H2,1-2H3,(H,20,21). The summed E-state index contributed by atoms with van der Waals surface area (Å²) in [5.74, 6) is 0.493. The van der Waals surface area contributed by atoms with Crippen molar-refractivity contribution in [2.75, 3.05) is 11.1 Å². The predicted molar refractivity (Wildman–Crippen MR) is 90.4 cm³/mol. The highest BCUT2D eigenvalue weighted by Gasteiger charge is 2.19. The fourth-order valence-corrected chi connectivity index (χ4v) is 2.13. The number of para-hydroxylation sites is 1. The van der Waals surface area contributed by atoms with Gasteiger partial charge in [-0.25, -0.2) is 0 Å². The molecular weight excluding hydrogens is 300 g/mol. The molecule has 5 heteroatoms. The maximum Gasteiger partial charge on any atom is 0.265 e. The van der Waals surface area contributed by atoms with Crippen molar-refractivity contribution in [2.45, 2.75) is 26.4 Å². The van der Waals surface area contributed by atoms with Gasteiger partial charge in [0.15, 0.2) is 6.10 Å². The number of nitrogen functional groups attached to an aromatic ring is 1. The van der Waals surface area contributed by atoms with E-state index in [9.17, 15) is 4.79 Å². The molecule has 0 spiro atoms. The topological polar surface area (TPSA) is 64.3 Å². The van der Waals surface area contributed by atoms with Gasteiger partial charge in [0, 0.05) is 5.69 Å². The normalized spacial score (nSPS) is 11.8. The SMILES string of the molecule is CCC(Oc1ccccc1C)C(=O)Nc1ccc(Cl)c(N)c1. The van der Waals surface area contributed by atoms with Gasteiger partial charge in [0.2, 0.25) is 0 Å². The zero-order chi connectivity index (χ0) is 16.1. The van der Waals surface area contributed by atoms with Gasteiger partial charge in [0.1, 0.15) is 5.75 Å². The Morgan fingerprint density at radius 2 is 2.05 bits per heavy atom.